The zero-order chi connectivity index (χ0) is 23.7. The second kappa shape index (κ2) is 9.40. The van der Waals surface area contributed by atoms with E-state index in [4.69, 9.17) is 17.3 Å². The number of hydrogen-bond acceptors (Lipinski definition) is 3. The lowest BCUT2D eigenvalue weighted by Crippen LogP contribution is -2.41. The Balaban J connectivity index is 1.66. The first-order valence-electron chi connectivity index (χ1n) is 11.2. The predicted octanol–water partition coefficient (Wildman–Crippen LogP) is 4.04. The van der Waals surface area contributed by atoms with Crippen LogP contribution in [0.5, 0.6) is 0 Å². The summed E-state index contributed by atoms with van der Waals surface area (Å²) in [5.74, 6) is -0.630. The minimum Gasteiger partial charge on any atom is -0.369 e. The first-order chi connectivity index (χ1) is 15.8. The molecule has 0 atom stereocenters. The van der Waals surface area contributed by atoms with Gasteiger partial charge in [0.2, 0.25) is 5.91 Å². The number of aromatic nitrogens is 1. The van der Waals surface area contributed by atoms with E-state index < -0.39 is 0 Å². The summed E-state index contributed by atoms with van der Waals surface area (Å²) < 4.78 is 1.72. The average Bonchev–Trinajstić information content (AvgIpc) is 3.20. The second-order valence-electron chi connectivity index (χ2n) is 8.79. The lowest BCUT2D eigenvalue weighted by atomic mass is 9.95. The Labute approximate surface area is 198 Å². The molecule has 2 aromatic rings. The Morgan fingerprint density at radius 1 is 1.24 bits per heavy atom. The van der Waals surface area contributed by atoms with Gasteiger partial charge in [-0.05, 0) is 56.4 Å². The number of carbonyl (C=O) groups is 2. The van der Waals surface area contributed by atoms with Crippen LogP contribution < -0.4 is 11.3 Å². The number of fused-ring (bicyclic) bond motifs is 1. The van der Waals surface area contributed by atoms with Crippen LogP contribution >= 0.6 is 11.6 Å². The number of nitrogens with two attached hydrogens (primary N) is 1. The first-order valence-corrected chi connectivity index (χ1v) is 11.6. The smallest absolute Gasteiger partial charge is 0.255 e. The van der Waals surface area contributed by atoms with Gasteiger partial charge in [-0.1, -0.05) is 41.5 Å². The summed E-state index contributed by atoms with van der Waals surface area (Å²) in [6.45, 7) is 5.42. The summed E-state index contributed by atoms with van der Waals surface area (Å²) >= 11 is 6.59. The Morgan fingerprint density at radius 3 is 2.61 bits per heavy atom. The van der Waals surface area contributed by atoms with Gasteiger partial charge in [-0.25, -0.2) is 0 Å². The summed E-state index contributed by atoms with van der Waals surface area (Å²) in [6, 6.07) is 5.43. The number of primary amides is 1. The van der Waals surface area contributed by atoms with Crippen LogP contribution in [0.4, 0.5) is 0 Å². The van der Waals surface area contributed by atoms with Crippen molar-refractivity contribution in [1.29, 1.82) is 0 Å². The normalized spacial score (nSPS) is 16.2. The summed E-state index contributed by atoms with van der Waals surface area (Å²) in [5, 5.41) is 0.369. The number of likely N-dealkylation sites (tertiary alicyclic amines) is 1. The summed E-state index contributed by atoms with van der Waals surface area (Å²) in [7, 11) is 0. The molecule has 0 bridgehead atoms. The summed E-state index contributed by atoms with van der Waals surface area (Å²) in [4.78, 5) is 39.1. The molecule has 1 aromatic carbocycles. The minimum absolute atomic E-state index is 0.0252. The molecule has 2 heterocycles. The van der Waals surface area contributed by atoms with Crippen LogP contribution in [-0.2, 0) is 17.8 Å². The molecule has 0 saturated carbocycles. The summed E-state index contributed by atoms with van der Waals surface area (Å²) in [6.07, 6.45) is 9.59. The molecule has 6 nitrogen and oxygen atoms in total. The van der Waals surface area contributed by atoms with E-state index in [9.17, 15) is 14.4 Å². The van der Waals surface area contributed by atoms with E-state index in [0.29, 0.717) is 49.5 Å². The fraction of sp³-hybridized carbons (Fsp3) is 0.346. The SMILES string of the molecule is C/C=C/Cn1cc(-c2ccc(C(=O)N3CCC(C(N)=O)CC3)c(Cl)c2)c2c(c1=O)CC(C)=C2. The highest BCUT2D eigenvalue weighted by Gasteiger charge is 2.28. The second-order valence-corrected chi connectivity index (χ2v) is 9.20. The van der Waals surface area contributed by atoms with E-state index in [1.54, 1.807) is 21.6 Å². The Morgan fingerprint density at radius 2 is 1.97 bits per heavy atom. The summed E-state index contributed by atoms with van der Waals surface area (Å²) in [5.41, 5.74) is 10.5. The van der Waals surface area contributed by atoms with Crippen molar-refractivity contribution in [2.24, 2.45) is 11.7 Å². The fourth-order valence-electron chi connectivity index (χ4n) is 4.63. The average molecular weight is 466 g/mol. The Kier molecular flexibility index (Phi) is 6.56. The van der Waals surface area contributed by atoms with Crippen LogP contribution in [0.15, 0.2) is 46.9 Å². The van der Waals surface area contributed by atoms with Gasteiger partial charge in [0.15, 0.2) is 0 Å². The van der Waals surface area contributed by atoms with E-state index in [1.807, 2.05) is 38.3 Å². The van der Waals surface area contributed by atoms with E-state index >= 15 is 0 Å². The van der Waals surface area contributed by atoms with E-state index in [1.165, 1.54) is 0 Å². The van der Waals surface area contributed by atoms with Gasteiger partial charge in [0.05, 0.1) is 10.6 Å². The molecular formula is C26H28ClN3O3. The zero-order valence-electron chi connectivity index (χ0n) is 18.9. The molecule has 1 saturated heterocycles. The van der Waals surface area contributed by atoms with Crippen molar-refractivity contribution in [3.63, 3.8) is 0 Å². The molecule has 1 fully saturated rings. The van der Waals surface area contributed by atoms with Gasteiger partial charge in [-0.3, -0.25) is 14.4 Å². The molecule has 0 radical (unpaired) electrons. The van der Waals surface area contributed by atoms with Crippen molar-refractivity contribution in [2.45, 2.75) is 39.7 Å². The number of pyridine rings is 1. The van der Waals surface area contributed by atoms with Crippen molar-refractivity contribution in [3.05, 3.63) is 74.2 Å². The van der Waals surface area contributed by atoms with Gasteiger partial charge in [-0.15, -0.1) is 0 Å². The first kappa shape index (κ1) is 23.1. The van der Waals surface area contributed by atoms with E-state index in [0.717, 1.165) is 27.8 Å². The third kappa shape index (κ3) is 4.53. The maximum Gasteiger partial charge on any atom is 0.255 e. The van der Waals surface area contributed by atoms with Crippen LogP contribution in [0.1, 0.15) is 48.2 Å². The van der Waals surface area contributed by atoms with Crippen molar-refractivity contribution in [1.82, 2.24) is 9.47 Å². The molecule has 2 N–H and O–H groups in total. The molecule has 2 aliphatic rings. The predicted molar refractivity (Wildman–Crippen MR) is 131 cm³/mol. The quantitative estimate of drug-likeness (QED) is 0.676. The Bertz CT molecular complexity index is 1230. The maximum absolute atomic E-state index is 13.1. The molecule has 1 aliphatic carbocycles. The number of rotatable bonds is 5. The van der Waals surface area contributed by atoms with E-state index in [-0.39, 0.29) is 23.3 Å². The number of amides is 2. The topological polar surface area (TPSA) is 85.4 Å². The number of halogens is 1. The number of piperidine rings is 1. The van der Waals surface area contributed by atoms with Crippen LogP contribution in [0.25, 0.3) is 17.2 Å². The molecule has 0 unspecified atom stereocenters. The molecule has 7 heteroatoms. The molecule has 4 rings (SSSR count). The van der Waals surface area contributed by atoms with E-state index in [2.05, 4.69) is 6.08 Å². The van der Waals surface area contributed by atoms with Gasteiger partial charge < -0.3 is 15.2 Å². The molecule has 2 amide bonds. The van der Waals surface area contributed by atoms with Crippen molar-refractivity contribution >= 4 is 29.5 Å². The minimum atomic E-state index is -0.308. The fourth-order valence-corrected chi connectivity index (χ4v) is 4.89. The van der Waals surface area contributed by atoms with Gasteiger partial charge in [0, 0.05) is 42.9 Å². The zero-order valence-corrected chi connectivity index (χ0v) is 19.7. The molecule has 33 heavy (non-hydrogen) atoms. The van der Waals surface area contributed by atoms with Crippen molar-refractivity contribution in [2.75, 3.05) is 13.1 Å². The van der Waals surface area contributed by atoms with Gasteiger partial charge in [-0.2, -0.15) is 0 Å². The molecular weight excluding hydrogens is 438 g/mol. The number of nitrogens with zero attached hydrogens (tertiary/aromatic N) is 2. The highest BCUT2D eigenvalue weighted by Crippen LogP contribution is 2.34. The van der Waals surface area contributed by atoms with Crippen LogP contribution in [0, 0.1) is 5.92 Å². The van der Waals surface area contributed by atoms with Crippen molar-refractivity contribution < 1.29 is 9.59 Å². The molecule has 0 spiro atoms. The monoisotopic (exact) mass is 465 g/mol. The highest BCUT2D eigenvalue weighted by molar-refractivity contribution is 6.34. The third-order valence-corrected chi connectivity index (χ3v) is 6.81. The maximum atomic E-state index is 13.1. The number of hydrogen-bond donors (Lipinski definition) is 1. The third-order valence-electron chi connectivity index (χ3n) is 6.50. The Hall–Kier alpha value is -3.12. The number of benzene rings is 1. The van der Waals surface area contributed by atoms with Crippen LogP contribution in [-0.4, -0.2) is 34.4 Å². The largest absolute Gasteiger partial charge is 0.369 e. The lowest BCUT2D eigenvalue weighted by molar-refractivity contribution is -0.123. The molecule has 1 aliphatic heterocycles. The number of allylic oxidation sites excluding steroid dienone is 3. The molecule has 172 valence electrons. The van der Waals surface area contributed by atoms with Crippen LogP contribution in [0.3, 0.4) is 0 Å². The van der Waals surface area contributed by atoms with Gasteiger partial charge in [0.1, 0.15) is 0 Å². The van der Waals surface area contributed by atoms with Crippen molar-refractivity contribution in [3.8, 4) is 11.1 Å². The lowest BCUT2D eigenvalue weighted by Gasteiger charge is -2.30. The van der Waals surface area contributed by atoms with Gasteiger partial charge in [0.25, 0.3) is 11.5 Å². The molecule has 1 aromatic heterocycles. The number of carbonyl (C=O) groups excluding carboxylic acids is 2. The van der Waals surface area contributed by atoms with Gasteiger partial charge >= 0.3 is 0 Å². The highest BCUT2D eigenvalue weighted by atomic mass is 35.5. The van der Waals surface area contributed by atoms with Crippen LogP contribution in [0.2, 0.25) is 5.02 Å². The standard InChI is InChI=1S/C26H28ClN3O3/c1-3-4-9-30-15-22(20-12-16(2)13-21(20)26(30)33)18-5-6-19(23(27)14-18)25(32)29-10-7-17(8-11-29)24(28)31/h3-6,12,14-15,17H,7-11,13H2,1-2H3,(H2,28,31)/b4-3+.